The largest absolute Gasteiger partial charge is 0.381 e. The number of rotatable bonds is 3. The van der Waals surface area contributed by atoms with E-state index in [0.29, 0.717) is 11.5 Å². The summed E-state index contributed by atoms with van der Waals surface area (Å²) in [5.41, 5.74) is 2.51. The van der Waals surface area contributed by atoms with Crippen molar-refractivity contribution < 1.29 is 0 Å². The van der Waals surface area contributed by atoms with E-state index in [9.17, 15) is 0 Å². The quantitative estimate of drug-likeness (QED) is 0.942. The smallest absolute Gasteiger partial charge is 0.0858 e. The normalized spacial score (nSPS) is 21.6. The topological polar surface area (TPSA) is 42.7 Å². The zero-order chi connectivity index (χ0) is 14.0. The fraction of sp³-hybridized carbons (Fsp3) is 0.467. The summed E-state index contributed by atoms with van der Waals surface area (Å²) >= 11 is 2.04. The van der Waals surface area contributed by atoms with E-state index in [0.717, 1.165) is 5.69 Å². The first-order valence-corrected chi connectivity index (χ1v) is 8.12. The summed E-state index contributed by atoms with van der Waals surface area (Å²) in [6.45, 7) is 4.71. The minimum Gasteiger partial charge on any atom is -0.381 e. The molecule has 0 spiro atoms. The summed E-state index contributed by atoms with van der Waals surface area (Å²) in [5.74, 6) is 2.45. The number of hydrogen-bond acceptors (Lipinski definition) is 4. The predicted molar refractivity (Wildman–Crippen MR) is 84.5 cm³/mol. The fourth-order valence-corrected chi connectivity index (χ4v) is 4.02. The number of aromatic nitrogens is 3. The van der Waals surface area contributed by atoms with Gasteiger partial charge in [0.2, 0.25) is 0 Å². The first-order valence-electron chi connectivity index (χ1n) is 6.96. The second-order valence-electron chi connectivity index (χ2n) is 5.88. The van der Waals surface area contributed by atoms with Crippen LogP contribution < -0.4 is 5.32 Å². The molecule has 1 N–H and O–H groups in total. The molecule has 0 saturated carbocycles. The number of nitrogens with one attached hydrogen (secondary N) is 1. The van der Waals surface area contributed by atoms with Gasteiger partial charge in [0.1, 0.15) is 0 Å². The molecule has 1 saturated heterocycles. The summed E-state index contributed by atoms with van der Waals surface area (Å²) in [7, 11) is 0. The maximum absolute atomic E-state index is 4.14. The Kier molecular flexibility index (Phi) is 3.70. The SMILES string of the molecule is CC1(C)CCSCC1Nc1ccc(-n2nccn2)cc1. The molecule has 1 unspecified atom stereocenters. The Bertz CT molecular complexity index is 548. The molecule has 0 amide bonds. The van der Waals surface area contributed by atoms with Gasteiger partial charge < -0.3 is 5.32 Å². The average molecular weight is 288 g/mol. The van der Waals surface area contributed by atoms with E-state index < -0.39 is 0 Å². The number of thioether (sulfide) groups is 1. The molecule has 5 heteroatoms. The lowest BCUT2D eigenvalue weighted by molar-refractivity contribution is 0.305. The molecule has 0 radical (unpaired) electrons. The zero-order valence-corrected chi connectivity index (χ0v) is 12.7. The lowest BCUT2D eigenvalue weighted by atomic mass is 9.82. The van der Waals surface area contributed by atoms with Crippen LogP contribution in [-0.2, 0) is 0 Å². The van der Waals surface area contributed by atoms with Crippen molar-refractivity contribution in [2.75, 3.05) is 16.8 Å². The van der Waals surface area contributed by atoms with Crippen LogP contribution in [0.2, 0.25) is 0 Å². The average Bonchev–Trinajstić information content (AvgIpc) is 2.96. The molecule has 1 atom stereocenters. The third-order valence-electron chi connectivity index (χ3n) is 3.98. The van der Waals surface area contributed by atoms with Crippen molar-refractivity contribution >= 4 is 17.4 Å². The summed E-state index contributed by atoms with van der Waals surface area (Å²) in [4.78, 5) is 1.63. The third-order valence-corrected chi connectivity index (χ3v) is 5.04. The van der Waals surface area contributed by atoms with Crippen LogP contribution in [0.15, 0.2) is 36.7 Å². The van der Waals surface area contributed by atoms with Crippen LogP contribution in [0.5, 0.6) is 0 Å². The van der Waals surface area contributed by atoms with Crippen LogP contribution >= 0.6 is 11.8 Å². The predicted octanol–water partition coefficient (Wildman–Crippen LogP) is 3.21. The van der Waals surface area contributed by atoms with E-state index in [1.165, 1.54) is 23.6 Å². The molecule has 0 bridgehead atoms. The van der Waals surface area contributed by atoms with E-state index in [1.54, 1.807) is 17.2 Å². The number of hydrogen-bond donors (Lipinski definition) is 1. The molecule has 2 aromatic rings. The molecule has 1 aromatic carbocycles. The minimum absolute atomic E-state index is 0.355. The van der Waals surface area contributed by atoms with Crippen molar-refractivity contribution in [1.82, 2.24) is 15.0 Å². The van der Waals surface area contributed by atoms with Gasteiger partial charge in [-0.15, -0.1) is 0 Å². The Morgan fingerprint density at radius 2 is 1.90 bits per heavy atom. The number of nitrogens with zero attached hydrogens (tertiary/aromatic N) is 3. The van der Waals surface area contributed by atoms with Crippen LogP contribution in [0, 0.1) is 5.41 Å². The summed E-state index contributed by atoms with van der Waals surface area (Å²) in [6, 6.07) is 8.83. The number of anilines is 1. The molecule has 0 aliphatic carbocycles. The van der Waals surface area contributed by atoms with Gasteiger partial charge in [-0.05, 0) is 41.9 Å². The molecule has 106 valence electrons. The van der Waals surface area contributed by atoms with Crippen molar-refractivity contribution in [3.8, 4) is 5.69 Å². The van der Waals surface area contributed by atoms with E-state index in [-0.39, 0.29) is 0 Å². The molecule has 3 rings (SSSR count). The Balaban J connectivity index is 1.72. The maximum atomic E-state index is 4.14. The highest BCUT2D eigenvalue weighted by Crippen LogP contribution is 2.36. The lowest BCUT2D eigenvalue weighted by Crippen LogP contribution is -2.41. The van der Waals surface area contributed by atoms with Crippen LogP contribution in [0.1, 0.15) is 20.3 Å². The van der Waals surface area contributed by atoms with Crippen molar-refractivity contribution in [3.05, 3.63) is 36.7 Å². The van der Waals surface area contributed by atoms with Gasteiger partial charge in [0.25, 0.3) is 0 Å². The van der Waals surface area contributed by atoms with E-state index in [2.05, 4.69) is 41.5 Å². The van der Waals surface area contributed by atoms with Gasteiger partial charge in [-0.25, -0.2) is 0 Å². The Hall–Kier alpha value is -1.49. The highest BCUT2D eigenvalue weighted by Gasteiger charge is 2.32. The summed E-state index contributed by atoms with van der Waals surface area (Å²) in [6.07, 6.45) is 4.65. The molecule has 1 aliphatic rings. The molecular formula is C15H20N4S. The van der Waals surface area contributed by atoms with Crippen molar-refractivity contribution in [1.29, 1.82) is 0 Å². The van der Waals surface area contributed by atoms with Crippen molar-refractivity contribution in [3.63, 3.8) is 0 Å². The van der Waals surface area contributed by atoms with Gasteiger partial charge in [-0.1, -0.05) is 13.8 Å². The molecule has 1 fully saturated rings. The molecule has 20 heavy (non-hydrogen) atoms. The Morgan fingerprint density at radius 3 is 2.55 bits per heavy atom. The van der Waals surface area contributed by atoms with E-state index >= 15 is 0 Å². The van der Waals surface area contributed by atoms with E-state index in [4.69, 9.17) is 0 Å². The lowest BCUT2D eigenvalue weighted by Gasteiger charge is -2.39. The maximum Gasteiger partial charge on any atom is 0.0858 e. The molecule has 2 heterocycles. The van der Waals surface area contributed by atoms with Gasteiger partial charge in [0.15, 0.2) is 0 Å². The van der Waals surface area contributed by atoms with Crippen molar-refractivity contribution in [2.45, 2.75) is 26.3 Å². The van der Waals surface area contributed by atoms with Gasteiger partial charge in [0.05, 0.1) is 18.1 Å². The van der Waals surface area contributed by atoms with Gasteiger partial charge >= 0.3 is 0 Å². The first kappa shape index (κ1) is 13.5. The number of benzene rings is 1. The summed E-state index contributed by atoms with van der Waals surface area (Å²) < 4.78 is 0. The zero-order valence-electron chi connectivity index (χ0n) is 11.9. The van der Waals surface area contributed by atoms with Crippen LogP contribution in [-0.4, -0.2) is 32.5 Å². The van der Waals surface area contributed by atoms with Crippen LogP contribution in [0.3, 0.4) is 0 Å². The first-order chi connectivity index (χ1) is 9.65. The van der Waals surface area contributed by atoms with Crippen LogP contribution in [0.25, 0.3) is 5.69 Å². The Morgan fingerprint density at radius 1 is 1.20 bits per heavy atom. The fourth-order valence-electron chi connectivity index (χ4n) is 2.41. The molecular weight excluding hydrogens is 268 g/mol. The van der Waals surface area contributed by atoms with Crippen LogP contribution in [0.4, 0.5) is 5.69 Å². The molecule has 4 nitrogen and oxygen atoms in total. The highest BCUT2D eigenvalue weighted by atomic mass is 32.2. The molecule has 1 aromatic heterocycles. The second-order valence-corrected chi connectivity index (χ2v) is 7.03. The minimum atomic E-state index is 0.355. The second kappa shape index (κ2) is 5.48. The third kappa shape index (κ3) is 2.82. The monoisotopic (exact) mass is 288 g/mol. The van der Waals surface area contributed by atoms with E-state index in [1.807, 2.05) is 23.9 Å². The highest BCUT2D eigenvalue weighted by molar-refractivity contribution is 7.99. The standard InChI is InChI=1S/C15H20N4S/c1-15(2)7-10-20-11-14(15)18-12-3-5-13(6-4-12)19-16-8-9-17-19/h3-6,8-9,14,18H,7,10-11H2,1-2H3. The molecule has 1 aliphatic heterocycles. The van der Waals surface area contributed by atoms with Gasteiger partial charge in [-0.2, -0.15) is 26.8 Å². The van der Waals surface area contributed by atoms with Gasteiger partial charge in [-0.3, -0.25) is 0 Å². The van der Waals surface area contributed by atoms with Gasteiger partial charge in [0, 0.05) is 17.5 Å². The van der Waals surface area contributed by atoms with Crippen molar-refractivity contribution in [2.24, 2.45) is 5.41 Å². The Labute approximate surface area is 124 Å². The summed E-state index contributed by atoms with van der Waals surface area (Å²) in [5, 5.41) is 11.9.